The molecule has 2 aromatic carbocycles. The molecule has 32 heavy (non-hydrogen) atoms. The lowest BCUT2D eigenvalue weighted by Gasteiger charge is -2.48. The van der Waals surface area contributed by atoms with Crippen LogP contribution in [0.5, 0.6) is 11.5 Å². The van der Waals surface area contributed by atoms with Crippen molar-refractivity contribution < 1.29 is 9.47 Å². The maximum absolute atomic E-state index is 6.09. The molecule has 1 saturated heterocycles. The van der Waals surface area contributed by atoms with Crippen molar-refractivity contribution in [2.45, 2.75) is 56.7 Å². The van der Waals surface area contributed by atoms with E-state index in [0.29, 0.717) is 24.0 Å². The van der Waals surface area contributed by atoms with Crippen molar-refractivity contribution in [2.75, 3.05) is 19.9 Å². The highest BCUT2D eigenvalue weighted by Crippen LogP contribution is 2.51. The molecule has 7 heteroatoms. The Balaban J connectivity index is 0.00000245. The van der Waals surface area contributed by atoms with Gasteiger partial charge < -0.3 is 20.1 Å². The molecule has 5 nitrogen and oxygen atoms in total. The fourth-order valence-electron chi connectivity index (χ4n) is 6.05. The summed E-state index contributed by atoms with van der Waals surface area (Å²) < 4.78 is 11.3. The molecule has 0 aromatic heterocycles. The van der Waals surface area contributed by atoms with E-state index < -0.39 is 0 Å². The quantitative estimate of drug-likeness (QED) is 0.647. The Labute approximate surface area is 202 Å². The minimum Gasteiger partial charge on any atom is -0.454 e. The summed E-state index contributed by atoms with van der Waals surface area (Å²) in [6.07, 6.45) is 4.48. The van der Waals surface area contributed by atoms with Gasteiger partial charge in [-0.3, -0.25) is 4.90 Å². The number of rotatable bonds is 5. The number of thiocarbonyl (C=S) groups is 1. The van der Waals surface area contributed by atoms with Crippen LogP contribution < -0.4 is 15.2 Å². The van der Waals surface area contributed by atoms with Gasteiger partial charge >= 0.3 is 0 Å². The molecule has 2 fully saturated rings. The molecular formula is C25H32ClN3O2S. The second-order valence-electron chi connectivity index (χ2n) is 9.00. The van der Waals surface area contributed by atoms with Crippen LogP contribution in [0.3, 0.4) is 0 Å². The third-order valence-corrected chi connectivity index (χ3v) is 7.82. The zero-order valence-electron chi connectivity index (χ0n) is 18.5. The summed E-state index contributed by atoms with van der Waals surface area (Å²) in [5.74, 6) is 1.74. The molecule has 0 radical (unpaired) electrons. The Kier molecular flexibility index (Phi) is 6.84. The molecule has 1 saturated carbocycles. The first-order chi connectivity index (χ1) is 15.1. The zero-order chi connectivity index (χ0) is 21.4. The largest absolute Gasteiger partial charge is 0.454 e. The monoisotopic (exact) mass is 473 g/mol. The first kappa shape index (κ1) is 23.1. The number of nitrogens with two attached hydrogens (primary N) is 1. The Bertz CT molecular complexity index is 959. The number of ether oxygens (including phenoxy) is 2. The molecule has 2 aliphatic heterocycles. The van der Waals surface area contributed by atoms with E-state index in [1.807, 2.05) is 0 Å². The van der Waals surface area contributed by atoms with Crippen molar-refractivity contribution in [1.29, 1.82) is 0 Å². The molecule has 0 unspecified atom stereocenters. The molecule has 172 valence electrons. The Morgan fingerprint density at radius 3 is 2.69 bits per heavy atom. The first-order valence-electron chi connectivity index (χ1n) is 11.3. The van der Waals surface area contributed by atoms with Gasteiger partial charge in [-0.2, -0.15) is 0 Å². The van der Waals surface area contributed by atoms with Gasteiger partial charge in [0.2, 0.25) is 6.79 Å². The minimum absolute atomic E-state index is 0. The summed E-state index contributed by atoms with van der Waals surface area (Å²) in [6.45, 7) is 5.40. The molecule has 2 N–H and O–H groups in total. The van der Waals surface area contributed by atoms with Gasteiger partial charge in [0.05, 0.1) is 0 Å². The maximum Gasteiger partial charge on any atom is 0.231 e. The van der Waals surface area contributed by atoms with Crippen molar-refractivity contribution in [1.82, 2.24) is 9.80 Å². The van der Waals surface area contributed by atoms with Crippen molar-refractivity contribution in [3.8, 4) is 11.5 Å². The number of fused-ring (bicyclic) bond motifs is 2. The number of hydrogen-bond acceptors (Lipinski definition) is 4. The summed E-state index contributed by atoms with van der Waals surface area (Å²) in [5.41, 5.74) is 8.97. The SMILES string of the molecule is CCN(C(N)=S)[C@H]1CC[C@@]2(c3ccc4c(c3)OCO4)CCN(Cc3ccccc3)[C@H]2C1.Cl. The van der Waals surface area contributed by atoms with E-state index in [4.69, 9.17) is 27.4 Å². The van der Waals surface area contributed by atoms with E-state index in [-0.39, 0.29) is 17.8 Å². The van der Waals surface area contributed by atoms with E-state index in [1.54, 1.807) is 0 Å². The predicted octanol–water partition coefficient (Wildman–Crippen LogP) is 4.47. The molecule has 1 aliphatic carbocycles. The van der Waals surface area contributed by atoms with Gasteiger partial charge in [-0.25, -0.2) is 0 Å². The summed E-state index contributed by atoms with van der Waals surface area (Å²) in [7, 11) is 0. The molecule has 0 spiro atoms. The summed E-state index contributed by atoms with van der Waals surface area (Å²) >= 11 is 5.39. The van der Waals surface area contributed by atoms with Crippen LogP contribution >= 0.6 is 24.6 Å². The highest BCUT2D eigenvalue weighted by molar-refractivity contribution is 7.80. The van der Waals surface area contributed by atoms with E-state index in [0.717, 1.165) is 56.8 Å². The van der Waals surface area contributed by atoms with Crippen molar-refractivity contribution in [2.24, 2.45) is 5.73 Å². The van der Waals surface area contributed by atoms with Crippen LogP contribution in [-0.2, 0) is 12.0 Å². The standard InChI is InChI=1S/C25H31N3O2S.ClH/c1-2-28(24(26)31)20-10-11-25(19-8-9-21-22(14-19)30-17-29-21)12-13-27(23(25)15-20)16-18-6-4-3-5-7-18;/h3-9,14,20,23H,2,10-13,15-17H2,1H3,(H2,26,31);1H/t20-,23-,25-;/m0./s1. The number of nitrogens with zero attached hydrogens (tertiary/aromatic N) is 2. The van der Waals surface area contributed by atoms with Gasteiger partial charge in [0.15, 0.2) is 16.6 Å². The Morgan fingerprint density at radius 1 is 1.16 bits per heavy atom. The zero-order valence-corrected chi connectivity index (χ0v) is 20.2. The third-order valence-electron chi connectivity index (χ3n) is 7.58. The highest BCUT2D eigenvalue weighted by atomic mass is 35.5. The second kappa shape index (κ2) is 9.46. The van der Waals surface area contributed by atoms with E-state index in [1.165, 1.54) is 11.1 Å². The molecule has 2 heterocycles. The average Bonchev–Trinajstić information content (AvgIpc) is 3.40. The van der Waals surface area contributed by atoms with Crippen LogP contribution in [0.1, 0.15) is 43.7 Å². The van der Waals surface area contributed by atoms with E-state index >= 15 is 0 Å². The Morgan fingerprint density at radius 2 is 1.94 bits per heavy atom. The normalized spacial score (nSPS) is 26.3. The third kappa shape index (κ3) is 4.04. The summed E-state index contributed by atoms with van der Waals surface area (Å²) in [5, 5.41) is 0.524. The number of benzene rings is 2. The van der Waals surface area contributed by atoms with Gasteiger partial charge in [0.25, 0.3) is 0 Å². The van der Waals surface area contributed by atoms with Gasteiger partial charge in [-0.05, 0) is 74.6 Å². The molecule has 2 aromatic rings. The van der Waals surface area contributed by atoms with Crippen molar-refractivity contribution in [3.05, 3.63) is 59.7 Å². The van der Waals surface area contributed by atoms with Crippen LogP contribution in [-0.4, -0.2) is 46.9 Å². The number of likely N-dealkylation sites (tertiary alicyclic amines) is 1. The number of halogens is 1. The van der Waals surface area contributed by atoms with Gasteiger partial charge in [0.1, 0.15) is 0 Å². The molecule has 0 amide bonds. The fourth-order valence-corrected chi connectivity index (χ4v) is 6.33. The first-order valence-corrected chi connectivity index (χ1v) is 11.8. The highest BCUT2D eigenvalue weighted by Gasteiger charge is 2.52. The average molecular weight is 474 g/mol. The summed E-state index contributed by atoms with van der Waals surface area (Å²) in [6, 6.07) is 18.2. The maximum atomic E-state index is 6.09. The lowest BCUT2D eigenvalue weighted by atomic mass is 9.64. The lowest BCUT2D eigenvalue weighted by Crippen LogP contribution is -2.54. The molecule has 5 rings (SSSR count). The van der Waals surface area contributed by atoms with Crippen LogP contribution in [0.4, 0.5) is 0 Å². The predicted molar refractivity (Wildman–Crippen MR) is 134 cm³/mol. The van der Waals surface area contributed by atoms with E-state index in [2.05, 4.69) is 65.3 Å². The topological polar surface area (TPSA) is 51.0 Å². The van der Waals surface area contributed by atoms with Crippen molar-refractivity contribution >= 4 is 29.7 Å². The van der Waals surface area contributed by atoms with Gasteiger partial charge in [-0.15, -0.1) is 12.4 Å². The van der Waals surface area contributed by atoms with Gasteiger partial charge in [0, 0.05) is 30.6 Å². The van der Waals surface area contributed by atoms with Crippen molar-refractivity contribution in [3.63, 3.8) is 0 Å². The van der Waals surface area contributed by atoms with Crippen LogP contribution in [0.25, 0.3) is 0 Å². The smallest absolute Gasteiger partial charge is 0.231 e. The molecule has 0 bridgehead atoms. The minimum atomic E-state index is 0. The molecule has 3 atom stereocenters. The molecule has 3 aliphatic rings. The summed E-state index contributed by atoms with van der Waals surface area (Å²) in [4.78, 5) is 4.90. The van der Waals surface area contributed by atoms with Crippen LogP contribution in [0.15, 0.2) is 48.5 Å². The molecular weight excluding hydrogens is 442 g/mol. The van der Waals surface area contributed by atoms with Gasteiger partial charge in [-0.1, -0.05) is 36.4 Å². The van der Waals surface area contributed by atoms with Crippen LogP contribution in [0.2, 0.25) is 0 Å². The van der Waals surface area contributed by atoms with E-state index in [9.17, 15) is 0 Å². The lowest BCUT2D eigenvalue weighted by molar-refractivity contribution is 0.101. The van der Waals surface area contributed by atoms with Crippen LogP contribution in [0, 0.1) is 0 Å². The second-order valence-corrected chi connectivity index (χ2v) is 9.42. The Hall–Kier alpha value is -2.02. The fraction of sp³-hybridized carbons (Fsp3) is 0.480. The number of hydrogen-bond donors (Lipinski definition) is 1.